The summed E-state index contributed by atoms with van der Waals surface area (Å²) in [7, 11) is 1.70. The molecule has 0 aromatic heterocycles. The van der Waals surface area contributed by atoms with E-state index in [0.717, 1.165) is 38.2 Å². The maximum Gasteiger partial charge on any atom is 0.123 e. The van der Waals surface area contributed by atoms with Gasteiger partial charge in [-0.1, -0.05) is 18.2 Å². The van der Waals surface area contributed by atoms with Crippen LogP contribution in [-0.4, -0.2) is 30.9 Å². The van der Waals surface area contributed by atoms with Crippen molar-refractivity contribution in [2.45, 2.75) is 19.4 Å². The minimum absolute atomic E-state index is 0.216. The van der Waals surface area contributed by atoms with Crippen LogP contribution in [0.1, 0.15) is 18.4 Å². The number of benzene rings is 1. The molecule has 1 aliphatic rings. The summed E-state index contributed by atoms with van der Waals surface area (Å²) < 4.78 is 5.37. The molecule has 2 rings (SSSR count). The van der Waals surface area contributed by atoms with Gasteiger partial charge in [-0.05, 0) is 25.5 Å². The number of hydrogen-bond donors (Lipinski definition) is 2. The average molecular weight is 247 g/mol. The lowest BCUT2D eigenvalue weighted by atomic mass is 9.96. The molecule has 4 heteroatoms. The summed E-state index contributed by atoms with van der Waals surface area (Å²) in [5, 5.41) is 7.56. The van der Waals surface area contributed by atoms with Gasteiger partial charge in [0, 0.05) is 24.6 Å². The van der Waals surface area contributed by atoms with E-state index < -0.39 is 0 Å². The predicted molar refractivity (Wildman–Crippen MR) is 72.9 cm³/mol. The Kier molecular flexibility index (Phi) is 4.20. The van der Waals surface area contributed by atoms with E-state index >= 15 is 0 Å². The lowest BCUT2D eigenvalue weighted by Crippen LogP contribution is -2.40. The fourth-order valence-electron chi connectivity index (χ4n) is 2.53. The van der Waals surface area contributed by atoms with Gasteiger partial charge in [0.15, 0.2) is 0 Å². The van der Waals surface area contributed by atoms with Crippen molar-refractivity contribution in [2.75, 3.05) is 20.2 Å². The van der Waals surface area contributed by atoms with E-state index in [1.807, 2.05) is 18.2 Å². The van der Waals surface area contributed by atoms with Crippen LogP contribution >= 0.6 is 0 Å². The lowest BCUT2D eigenvalue weighted by Gasteiger charge is -2.32. The summed E-state index contributed by atoms with van der Waals surface area (Å²) >= 11 is 0. The molecule has 0 amide bonds. The topological polar surface area (TPSA) is 62.3 Å². The quantitative estimate of drug-likeness (QED) is 0.630. The Balaban J connectivity index is 2.02. The van der Waals surface area contributed by atoms with E-state index in [4.69, 9.17) is 15.9 Å². The smallest absolute Gasteiger partial charge is 0.123 e. The van der Waals surface area contributed by atoms with Crippen molar-refractivity contribution in [1.29, 1.82) is 5.41 Å². The molecule has 1 aromatic rings. The molecule has 3 N–H and O–H groups in total. The van der Waals surface area contributed by atoms with Crippen LogP contribution < -0.4 is 10.5 Å². The SMILES string of the molecule is COc1ccccc1CN1CCCC(C(=N)N)C1. The first kappa shape index (κ1) is 12.9. The van der Waals surface area contributed by atoms with E-state index in [2.05, 4.69) is 11.0 Å². The second-order valence-electron chi connectivity index (χ2n) is 4.84. The standard InChI is InChI=1S/C14H21N3O/c1-18-13-7-3-2-5-11(13)9-17-8-4-6-12(10-17)14(15)16/h2-3,5,7,12H,4,6,8-10H2,1H3,(H3,15,16). The number of nitrogens with zero attached hydrogens (tertiary/aromatic N) is 1. The van der Waals surface area contributed by atoms with Gasteiger partial charge in [-0.15, -0.1) is 0 Å². The Bertz CT molecular complexity index is 419. The van der Waals surface area contributed by atoms with E-state index in [9.17, 15) is 0 Å². The number of ether oxygens (including phenoxy) is 1. The zero-order valence-electron chi connectivity index (χ0n) is 10.9. The summed E-state index contributed by atoms with van der Waals surface area (Å²) in [6, 6.07) is 8.10. The highest BCUT2D eigenvalue weighted by Gasteiger charge is 2.22. The zero-order chi connectivity index (χ0) is 13.0. The fraction of sp³-hybridized carbons (Fsp3) is 0.500. The highest BCUT2D eigenvalue weighted by atomic mass is 16.5. The van der Waals surface area contributed by atoms with Crippen LogP contribution in [-0.2, 0) is 6.54 Å². The van der Waals surface area contributed by atoms with Crippen molar-refractivity contribution in [3.8, 4) is 5.75 Å². The number of piperidine rings is 1. The fourth-order valence-corrected chi connectivity index (χ4v) is 2.53. The van der Waals surface area contributed by atoms with Crippen LogP contribution in [0.3, 0.4) is 0 Å². The van der Waals surface area contributed by atoms with Gasteiger partial charge in [-0.3, -0.25) is 10.3 Å². The Hall–Kier alpha value is -1.55. The normalized spacial score (nSPS) is 20.6. The zero-order valence-corrected chi connectivity index (χ0v) is 10.9. The van der Waals surface area contributed by atoms with Gasteiger partial charge in [-0.25, -0.2) is 0 Å². The molecule has 1 aliphatic heterocycles. The summed E-state index contributed by atoms with van der Waals surface area (Å²) in [6.45, 7) is 2.82. The highest BCUT2D eigenvalue weighted by Crippen LogP contribution is 2.23. The van der Waals surface area contributed by atoms with Crippen molar-refractivity contribution in [1.82, 2.24) is 4.90 Å². The van der Waals surface area contributed by atoms with Crippen molar-refractivity contribution in [3.63, 3.8) is 0 Å². The highest BCUT2D eigenvalue weighted by molar-refractivity contribution is 5.79. The van der Waals surface area contributed by atoms with E-state index in [1.165, 1.54) is 5.56 Å². The molecule has 0 saturated carbocycles. The van der Waals surface area contributed by atoms with Gasteiger partial charge in [0.2, 0.25) is 0 Å². The van der Waals surface area contributed by atoms with E-state index in [0.29, 0.717) is 5.84 Å². The predicted octanol–water partition coefficient (Wildman–Crippen LogP) is 1.84. The summed E-state index contributed by atoms with van der Waals surface area (Å²) in [4.78, 5) is 2.35. The van der Waals surface area contributed by atoms with Gasteiger partial charge in [-0.2, -0.15) is 0 Å². The molecule has 1 aromatic carbocycles. The molecule has 1 fully saturated rings. The van der Waals surface area contributed by atoms with Crippen LogP contribution in [0, 0.1) is 11.3 Å². The number of nitrogens with two attached hydrogens (primary N) is 1. The van der Waals surface area contributed by atoms with Gasteiger partial charge in [0.25, 0.3) is 0 Å². The molecular formula is C14H21N3O. The molecule has 1 unspecified atom stereocenters. The molecule has 0 radical (unpaired) electrons. The number of nitrogens with one attached hydrogen (secondary N) is 1. The molecule has 0 aliphatic carbocycles. The Morgan fingerprint density at radius 1 is 1.50 bits per heavy atom. The van der Waals surface area contributed by atoms with Crippen LogP contribution in [0.25, 0.3) is 0 Å². The number of hydrogen-bond acceptors (Lipinski definition) is 3. The van der Waals surface area contributed by atoms with E-state index in [1.54, 1.807) is 7.11 Å². The summed E-state index contributed by atoms with van der Waals surface area (Å²) in [5.41, 5.74) is 6.81. The second-order valence-corrected chi connectivity index (χ2v) is 4.84. The third-order valence-electron chi connectivity index (χ3n) is 3.53. The van der Waals surface area contributed by atoms with Crippen molar-refractivity contribution >= 4 is 5.84 Å². The summed E-state index contributed by atoms with van der Waals surface area (Å²) in [6.07, 6.45) is 2.15. The molecule has 4 nitrogen and oxygen atoms in total. The second kappa shape index (κ2) is 5.87. The minimum atomic E-state index is 0.216. The molecule has 1 heterocycles. The number of rotatable bonds is 4. The Morgan fingerprint density at radius 2 is 2.28 bits per heavy atom. The largest absolute Gasteiger partial charge is 0.496 e. The van der Waals surface area contributed by atoms with Crippen molar-refractivity contribution in [2.24, 2.45) is 11.7 Å². The van der Waals surface area contributed by atoms with Gasteiger partial charge in [0.05, 0.1) is 12.9 Å². The van der Waals surface area contributed by atoms with Crippen LogP contribution in [0.4, 0.5) is 0 Å². The number of amidine groups is 1. The Labute approximate surface area is 108 Å². The van der Waals surface area contributed by atoms with Crippen LogP contribution in [0.15, 0.2) is 24.3 Å². The third kappa shape index (κ3) is 3.01. The van der Waals surface area contributed by atoms with Crippen molar-refractivity contribution in [3.05, 3.63) is 29.8 Å². The molecular weight excluding hydrogens is 226 g/mol. The first-order valence-electron chi connectivity index (χ1n) is 6.39. The van der Waals surface area contributed by atoms with Crippen LogP contribution in [0.5, 0.6) is 5.75 Å². The van der Waals surface area contributed by atoms with Crippen LogP contribution in [0.2, 0.25) is 0 Å². The average Bonchev–Trinajstić information content (AvgIpc) is 2.39. The maximum atomic E-state index is 7.56. The molecule has 18 heavy (non-hydrogen) atoms. The molecule has 0 bridgehead atoms. The first-order valence-corrected chi connectivity index (χ1v) is 6.39. The Morgan fingerprint density at radius 3 is 3.00 bits per heavy atom. The molecule has 0 spiro atoms. The minimum Gasteiger partial charge on any atom is -0.496 e. The molecule has 1 atom stereocenters. The van der Waals surface area contributed by atoms with Gasteiger partial charge >= 0.3 is 0 Å². The lowest BCUT2D eigenvalue weighted by molar-refractivity contribution is 0.193. The number of methoxy groups -OCH3 is 1. The first-order chi connectivity index (χ1) is 8.70. The molecule has 1 saturated heterocycles. The maximum absolute atomic E-state index is 7.56. The third-order valence-corrected chi connectivity index (χ3v) is 3.53. The van der Waals surface area contributed by atoms with Crippen molar-refractivity contribution < 1.29 is 4.74 Å². The number of likely N-dealkylation sites (tertiary alicyclic amines) is 1. The molecule has 98 valence electrons. The number of para-hydroxylation sites is 1. The summed E-state index contributed by atoms with van der Waals surface area (Å²) in [5.74, 6) is 1.47. The van der Waals surface area contributed by atoms with Gasteiger partial charge < -0.3 is 10.5 Å². The van der Waals surface area contributed by atoms with Gasteiger partial charge in [0.1, 0.15) is 5.75 Å². The van der Waals surface area contributed by atoms with E-state index in [-0.39, 0.29) is 5.92 Å². The monoisotopic (exact) mass is 247 g/mol.